The van der Waals surface area contributed by atoms with Gasteiger partial charge in [-0.1, -0.05) is 12.1 Å². The lowest BCUT2D eigenvalue weighted by molar-refractivity contribution is 0.340. The molecular formula is C16H18FNO. The zero-order valence-electron chi connectivity index (χ0n) is 11.2. The topological polar surface area (TPSA) is 21.3 Å². The molecule has 0 unspecified atom stereocenters. The van der Waals surface area contributed by atoms with Crippen LogP contribution in [-0.2, 0) is 6.54 Å². The van der Waals surface area contributed by atoms with E-state index in [-0.39, 0.29) is 5.82 Å². The largest absolute Gasteiger partial charge is 0.494 e. The van der Waals surface area contributed by atoms with Crippen molar-refractivity contribution in [1.82, 2.24) is 0 Å². The van der Waals surface area contributed by atoms with Crippen LogP contribution in [-0.4, -0.2) is 6.61 Å². The molecule has 0 spiro atoms. The lowest BCUT2D eigenvalue weighted by atomic mass is 10.1. The first-order chi connectivity index (χ1) is 9.19. The Morgan fingerprint density at radius 2 is 2.00 bits per heavy atom. The molecule has 2 aromatic rings. The van der Waals surface area contributed by atoms with Gasteiger partial charge in [0.2, 0.25) is 0 Å². The minimum Gasteiger partial charge on any atom is -0.494 e. The van der Waals surface area contributed by atoms with Crippen molar-refractivity contribution in [1.29, 1.82) is 0 Å². The summed E-state index contributed by atoms with van der Waals surface area (Å²) in [6.07, 6.45) is 0. The Balaban J connectivity index is 2.03. The van der Waals surface area contributed by atoms with Crippen LogP contribution in [0.2, 0.25) is 0 Å². The summed E-state index contributed by atoms with van der Waals surface area (Å²) >= 11 is 0. The summed E-state index contributed by atoms with van der Waals surface area (Å²) in [7, 11) is 0. The molecule has 0 aliphatic carbocycles. The Morgan fingerprint density at radius 3 is 2.74 bits per heavy atom. The van der Waals surface area contributed by atoms with E-state index >= 15 is 0 Å². The Labute approximate surface area is 113 Å². The molecule has 100 valence electrons. The summed E-state index contributed by atoms with van der Waals surface area (Å²) in [6, 6.07) is 12.7. The summed E-state index contributed by atoms with van der Waals surface area (Å²) < 4.78 is 18.5. The molecule has 0 saturated carbocycles. The van der Waals surface area contributed by atoms with E-state index in [1.54, 1.807) is 6.07 Å². The first-order valence-electron chi connectivity index (χ1n) is 6.41. The van der Waals surface area contributed by atoms with Crippen LogP contribution in [0.15, 0.2) is 42.5 Å². The molecule has 0 aliphatic rings. The molecule has 2 rings (SSSR count). The smallest absolute Gasteiger partial charge is 0.123 e. The zero-order chi connectivity index (χ0) is 13.7. The van der Waals surface area contributed by atoms with E-state index in [1.807, 2.05) is 44.2 Å². The molecular weight excluding hydrogens is 241 g/mol. The van der Waals surface area contributed by atoms with Crippen molar-refractivity contribution in [2.45, 2.75) is 20.4 Å². The minimum absolute atomic E-state index is 0.195. The molecule has 0 aliphatic heterocycles. The summed E-state index contributed by atoms with van der Waals surface area (Å²) in [4.78, 5) is 0. The highest BCUT2D eigenvalue weighted by atomic mass is 19.1. The molecule has 0 atom stereocenters. The van der Waals surface area contributed by atoms with Crippen LogP contribution >= 0.6 is 0 Å². The number of aryl methyl sites for hydroxylation is 1. The van der Waals surface area contributed by atoms with Gasteiger partial charge in [0.15, 0.2) is 0 Å². The molecule has 0 saturated heterocycles. The molecule has 3 heteroatoms. The molecule has 2 nitrogen and oxygen atoms in total. The van der Waals surface area contributed by atoms with Crippen molar-refractivity contribution in [2.24, 2.45) is 0 Å². The van der Waals surface area contributed by atoms with Gasteiger partial charge in [-0.3, -0.25) is 0 Å². The predicted octanol–water partition coefficient (Wildman–Crippen LogP) is 4.14. The maximum Gasteiger partial charge on any atom is 0.123 e. The average Bonchev–Trinajstić information content (AvgIpc) is 2.38. The average molecular weight is 259 g/mol. The second kappa shape index (κ2) is 6.23. The van der Waals surface area contributed by atoms with Gasteiger partial charge in [0.05, 0.1) is 6.61 Å². The molecule has 0 heterocycles. The maximum atomic E-state index is 13.0. The van der Waals surface area contributed by atoms with Gasteiger partial charge in [-0.25, -0.2) is 4.39 Å². The Bertz CT molecular complexity index is 554. The highest BCUT2D eigenvalue weighted by Gasteiger charge is 2.01. The minimum atomic E-state index is -0.195. The fourth-order valence-corrected chi connectivity index (χ4v) is 1.92. The summed E-state index contributed by atoms with van der Waals surface area (Å²) in [5, 5.41) is 3.32. The van der Waals surface area contributed by atoms with Crippen LogP contribution in [0.3, 0.4) is 0 Å². The summed E-state index contributed by atoms with van der Waals surface area (Å²) in [6.45, 7) is 5.20. The Hall–Kier alpha value is -2.03. The van der Waals surface area contributed by atoms with E-state index in [4.69, 9.17) is 4.74 Å². The van der Waals surface area contributed by atoms with Gasteiger partial charge in [-0.05, 0) is 49.2 Å². The van der Waals surface area contributed by atoms with Gasteiger partial charge in [0.1, 0.15) is 11.6 Å². The fourth-order valence-electron chi connectivity index (χ4n) is 1.92. The molecule has 0 aromatic heterocycles. The highest BCUT2D eigenvalue weighted by molar-refractivity contribution is 5.48. The molecule has 1 N–H and O–H groups in total. The number of hydrogen-bond acceptors (Lipinski definition) is 2. The van der Waals surface area contributed by atoms with Crippen LogP contribution in [0, 0.1) is 12.7 Å². The number of benzene rings is 2. The molecule has 0 radical (unpaired) electrons. The van der Waals surface area contributed by atoms with Crippen LogP contribution in [0.5, 0.6) is 5.75 Å². The normalized spacial score (nSPS) is 10.3. The summed E-state index contributed by atoms with van der Waals surface area (Å²) in [5.74, 6) is 0.655. The van der Waals surface area contributed by atoms with Crippen LogP contribution in [0.1, 0.15) is 18.1 Å². The van der Waals surface area contributed by atoms with E-state index in [0.717, 1.165) is 22.6 Å². The third-order valence-electron chi connectivity index (χ3n) is 2.93. The monoisotopic (exact) mass is 259 g/mol. The molecule has 0 amide bonds. The quantitative estimate of drug-likeness (QED) is 0.871. The Morgan fingerprint density at radius 1 is 1.16 bits per heavy atom. The highest BCUT2D eigenvalue weighted by Crippen LogP contribution is 2.19. The zero-order valence-corrected chi connectivity index (χ0v) is 11.2. The second-order valence-corrected chi connectivity index (χ2v) is 4.39. The predicted molar refractivity (Wildman–Crippen MR) is 76.1 cm³/mol. The number of nitrogens with one attached hydrogen (secondary N) is 1. The first kappa shape index (κ1) is 13.4. The maximum absolute atomic E-state index is 13.0. The van der Waals surface area contributed by atoms with E-state index in [9.17, 15) is 4.39 Å². The van der Waals surface area contributed by atoms with Crippen LogP contribution in [0.4, 0.5) is 10.1 Å². The van der Waals surface area contributed by atoms with E-state index < -0.39 is 0 Å². The van der Waals surface area contributed by atoms with Crippen molar-refractivity contribution < 1.29 is 9.13 Å². The van der Waals surface area contributed by atoms with Gasteiger partial charge in [-0.15, -0.1) is 0 Å². The van der Waals surface area contributed by atoms with Crippen molar-refractivity contribution >= 4 is 5.69 Å². The third-order valence-corrected chi connectivity index (χ3v) is 2.93. The van der Waals surface area contributed by atoms with E-state index in [2.05, 4.69) is 5.32 Å². The van der Waals surface area contributed by atoms with Gasteiger partial charge in [0, 0.05) is 18.3 Å². The van der Waals surface area contributed by atoms with Crippen LogP contribution < -0.4 is 10.1 Å². The fraction of sp³-hybridized carbons (Fsp3) is 0.250. The number of halogens is 1. The number of rotatable bonds is 5. The van der Waals surface area contributed by atoms with Crippen molar-refractivity contribution in [3.8, 4) is 5.75 Å². The summed E-state index contributed by atoms with van der Waals surface area (Å²) in [5.41, 5.74) is 3.03. The van der Waals surface area contributed by atoms with E-state index in [1.165, 1.54) is 6.07 Å². The lowest BCUT2D eigenvalue weighted by Crippen LogP contribution is -2.02. The van der Waals surface area contributed by atoms with Gasteiger partial charge in [-0.2, -0.15) is 0 Å². The Kier molecular flexibility index (Phi) is 4.39. The molecule has 0 fully saturated rings. The number of anilines is 1. The van der Waals surface area contributed by atoms with Gasteiger partial charge >= 0.3 is 0 Å². The second-order valence-electron chi connectivity index (χ2n) is 4.39. The SMILES string of the molecule is CCOc1cccc(NCc2ccc(F)cc2C)c1. The number of hydrogen-bond donors (Lipinski definition) is 1. The standard InChI is InChI=1S/C16H18FNO/c1-3-19-16-6-4-5-15(10-16)18-11-13-7-8-14(17)9-12(13)2/h4-10,18H,3,11H2,1-2H3. The molecule has 2 aromatic carbocycles. The van der Waals surface area contributed by atoms with E-state index in [0.29, 0.717) is 13.2 Å². The van der Waals surface area contributed by atoms with Gasteiger partial charge < -0.3 is 10.1 Å². The lowest BCUT2D eigenvalue weighted by Gasteiger charge is -2.10. The van der Waals surface area contributed by atoms with Gasteiger partial charge in [0.25, 0.3) is 0 Å². The number of ether oxygens (including phenoxy) is 1. The third kappa shape index (κ3) is 3.71. The van der Waals surface area contributed by atoms with Crippen molar-refractivity contribution in [3.05, 3.63) is 59.4 Å². The van der Waals surface area contributed by atoms with Crippen molar-refractivity contribution in [2.75, 3.05) is 11.9 Å². The van der Waals surface area contributed by atoms with Crippen molar-refractivity contribution in [3.63, 3.8) is 0 Å². The molecule has 19 heavy (non-hydrogen) atoms. The molecule has 0 bridgehead atoms. The van der Waals surface area contributed by atoms with Crippen LogP contribution in [0.25, 0.3) is 0 Å². The first-order valence-corrected chi connectivity index (χ1v) is 6.41.